The van der Waals surface area contributed by atoms with Crippen LogP contribution in [0.25, 0.3) is 11.4 Å². The molecule has 1 amide bonds. The number of benzene rings is 2. The van der Waals surface area contributed by atoms with Crippen LogP contribution in [0.4, 0.5) is 11.4 Å². The predicted molar refractivity (Wildman–Crippen MR) is 133 cm³/mol. The van der Waals surface area contributed by atoms with Crippen molar-refractivity contribution in [2.24, 2.45) is 16.9 Å². The molecule has 3 aromatic rings. The molecule has 0 aliphatic heterocycles. The summed E-state index contributed by atoms with van der Waals surface area (Å²) >= 11 is 0. The van der Waals surface area contributed by atoms with Crippen molar-refractivity contribution in [1.82, 2.24) is 10.1 Å². The fourth-order valence-corrected chi connectivity index (χ4v) is 4.54. The van der Waals surface area contributed by atoms with Crippen molar-refractivity contribution in [3.63, 3.8) is 0 Å². The van der Waals surface area contributed by atoms with E-state index in [4.69, 9.17) is 16.0 Å². The molecule has 186 valence electrons. The maximum atomic E-state index is 12.9. The quantitative estimate of drug-likeness (QED) is 0.292. The van der Waals surface area contributed by atoms with E-state index in [2.05, 4.69) is 20.2 Å². The average molecular weight is 499 g/mol. The summed E-state index contributed by atoms with van der Waals surface area (Å²) < 4.78 is 33.6. The number of amides is 1. The second-order valence-electron chi connectivity index (χ2n) is 9.07. The highest BCUT2D eigenvalue weighted by atomic mass is 32.2. The second-order valence-corrected chi connectivity index (χ2v) is 10.8. The van der Waals surface area contributed by atoms with Gasteiger partial charge in [0.15, 0.2) is 0 Å². The first-order valence-electron chi connectivity index (χ1n) is 11.5. The molecule has 0 spiro atoms. The molecule has 11 heteroatoms. The van der Waals surface area contributed by atoms with Crippen LogP contribution < -0.4 is 21.5 Å². The van der Waals surface area contributed by atoms with Gasteiger partial charge in [-0.15, -0.1) is 0 Å². The van der Waals surface area contributed by atoms with Gasteiger partial charge in [-0.2, -0.15) is 4.98 Å². The van der Waals surface area contributed by atoms with Crippen molar-refractivity contribution in [2.75, 3.05) is 16.6 Å². The van der Waals surface area contributed by atoms with Gasteiger partial charge in [0.2, 0.25) is 17.6 Å². The molecule has 0 saturated heterocycles. The lowest BCUT2D eigenvalue weighted by Gasteiger charge is -2.12. The first kappa shape index (κ1) is 24.8. The number of nitrogens with zero attached hydrogens (tertiary/aromatic N) is 2. The minimum atomic E-state index is -3.85. The Morgan fingerprint density at radius 3 is 2.54 bits per heavy atom. The van der Waals surface area contributed by atoms with Crippen LogP contribution in [0.15, 0.2) is 57.9 Å². The topological polar surface area (TPSA) is 166 Å². The lowest BCUT2D eigenvalue weighted by Crippen LogP contribution is -2.21. The molecule has 10 nitrogen and oxygen atoms in total. The number of nitrogens with two attached hydrogens (primary N) is 2. The lowest BCUT2D eigenvalue weighted by atomic mass is 10.1. The number of rotatable bonds is 11. The maximum absolute atomic E-state index is 12.9. The molecule has 1 aliphatic carbocycles. The largest absolute Gasteiger partial charge is 0.337 e. The number of carbonyl (C=O) groups is 1. The van der Waals surface area contributed by atoms with Crippen LogP contribution >= 0.6 is 0 Å². The van der Waals surface area contributed by atoms with Crippen LogP contribution in [0, 0.1) is 5.41 Å². The van der Waals surface area contributed by atoms with Gasteiger partial charge < -0.3 is 21.3 Å². The third kappa shape index (κ3) is 6.05. The van der Waals surface area contributed by atoms with Crippen LogP contribution in [-0.4, -0.2) is 31.0 Å². The van der Waals surface area contributed by atoms with Crippen molar-refractivity contribution in [3.8, 4) is 11.4 Å². The van der Waals surface area contributed by atoms with Crippen molar-refractivity contribution >= 4 is 27.3 Å². The van der Waals surface area contributed by atoms with E-state index in [1.165, 1.54) is 12.1 Å². The fourth-order valence-electron chi connectivity index (χ4n) is 3.49. The molecule has 1 saturated carbocycles. The third-order valence-corrected chi connectivity index (χ3v) is 7.47. The number of hydrogen-bond acceptors (Lipinski definition) is 8. The number of nitrogens with one attached hydrogen (secondary N) is 2. The van der Waals surface area contributed by atoms with Gasteiger partial charge in [-0.3, -0.25) is 9.52 Å². The van der Waals surface area contributed by atoms with Gasteiger partial charge in [-0.25, -0.2) is 8.42 Å². The standard InChI is InChI=1S/C24H30N6O4S/c1-24(12-13-24)23(31)27-17-5-4-6-18(15-17)30-35(32,33)19-10-8-16(9-11-19)21-28-22(34-29-21)20(26)7-2-3-14-25/h4-6,8-11,15,20,30H,2-3,7,12-14,25-26H2,1H3,(H,27,31). The molecule has 2 aromatic carbocycles. The molecule has 1 heterocycles. The Kier molecular flexibility index (Phi) is 7.20. The minimum Gasteiger partial charge on any atom is -0.337 e. The summed E-state index contributed by atoms with van der Waals surface area (Å²) in [6.45, 7) is 2.51. The fraction of sp³-hybridized carbons (Fsp3) is 0.375. The Labute approximate surface area is 204 Å². The van der Waals surface area contributed by atoms with E-state index in [1.807, 2.05) is 6.92 Å². The molecule has 6 N–H and O–H groups in total. The van der Waals surface area contributed by atoms with Crippen LogP contribution in [0.5, 0.6) is 0 Å². The molecule has 0 bridgehead atoms. The number of aromatic nitrogens is 2. The molecule has 1 fully saturated rings. The monoisotopic (exact) mass is 498 g/mol. The molecular weight excluding hydrogens is 468 g/mol. The zero-order valence-corrected chi connectivity index (χ0v) is 20.3. The first-order chi connectivity index (χ1) is 16.7. The van der Waals surface area contributed by atoms with Gasteiger partial charge in [-0.05, 0) is 74.7 Å². The van der Waals surface area contributed by atoms with Crippen LogP contribution in [0.3, 0.4) is 0 Å². The SMILES string of the molecule is CC1(C(=O)Nc2cccc(NS(=O)(=O)c3ccc(-c4noc(C(N)CCCCN)n4)cc3)c2)CC1. The molecule has 1 unspecified atom stereocenters. The van der Waals surface area contributed by atoms with E-state index < -0.39 is 10.0 Å². The van der Waals surface area contributed by atoms with Crippen molar-refractivity contribution in [2.45, 2.75) is 50.0 Å². The van der Waals surface area contributed by atoms with Gasteiger partial charge in [0.05, 0.1) is 16.6 Å². The third-order valence-electron chi connectivity index (χ3n) is 6.07. The van der Waals surface area contributed by atoms with Gasteiger partial charge in [0.1, 0.15) is 0 Å². The van der Waals surface area contributed by atoms with E-state index in [1.54, 1.807) is 36.4 Å². The van der Waals surface area contributed by atoms with E-state index in [-0.39, 0.29) is 22.3 Å². The smallest absolute Gasteiger partial charge is 0.261 e. The van der Waals surface area contributed by atoms with E-state index in [0.717, 1.165) is 25.7 Å². The van der Waals surface area contributed by atoms with Crippen LogP contribution in [0.1, 0.15) is 51.0 Å². The minimum absolute atomic E-state index is 0.0609. The Bertz CT molecular complexity index is 1290. The summed E-state index contributed by atoms with van der Waals surface area (Å²) in [5, 5.41) is 6.81. The molecule has 0 radical (unpaired) electrons. The lowest BCUT2D eigenvalue weighted by molar-refractivity contribution is -0.120. The van der Waals surface area contributed by atoms with Gasteiger partial charge in [-0.1, -0.05) is 24.6 Å². The number of carbonyl (C=O) groups excluding carboxylic acids is 1. The number of hydrogen-bond donors (Lipinski definition) is 4. The summed E-state index contributed by atoms with van der Waals surface area (Å²) in [5.74, 6) is 0.603. The summed E-state index contributed by atoms with van der Waals surface area (Å²) in [6.07, 6.45) is 4.13. The first-order valence-corrected chi connectivity index (χ1v) is 13.0. The van der Waals surface area contributed by atoms with Gasteiger partial charge >= 0.3 is 0 Å². The van der Waals surface area contributed by atoms with Gasteiger partial charge in [0, 0.05) is 16.7 Å². The zero-order valence-electron chi connectivity index (χ0n) is 19.5. The number of sulfonamides is 1. The molecule has 1 aromatic heterocycles. The average Bonchev–Trinajstić information content (AvgIpc) is 3.39. The summed E-state index contributed by atoms with van der Waals surface area (Å²) in [6, 6.07) is 12.4. The van der Waals surface area contributed by atoms with Gasteiger partial charge in [0.25, 0.3) is 10.0 Å². The maximum Gasteiger partial charge on any atom is 0.261 e. The molecule has 1 aliphatic rings. The highest BCUT2D eigenvalue weighted by Gasteiger charge is 2.44. The highest BCUT2D eigenvalue weighted by Crippen LogP contribution is 2.45. The van der Waals surface area contributed by atoms with E-state index in [0.29, 0.717) is 41.6 Å². The second kappa shape index (κ2) is 10.1. The Morgan fingerprint density at radius 1 is 1.14 bits per heavy atom. The highest BCUT2D eigenvalue weighted by molar-refractivity contribution is 7.92. The van der Waals surface area contributed by atoms with E-state index in [9.17, 15) is 13.2 Å². The molecule has 35 heavy (non-hydrogen) atoms. The van der Waals surface area contributed by atoms with E-state index >= 15 is 0 Å². The van der Waals surface area contributed by atoms with Crippen molar-refractivity contribution < 1.29 is 17.7 Å². The van der Waals surface area contributed by atoms with Crippen molar-refractivity contribution in [1.29, 1.82) is 0 Å². The summed E-state index contributed by atoms with van der Waals surface area (Å²) in [7, 11) is -3.85. The molecular formula is C24H30N6O4S. The Balaban J connectivity index is 1.42. The summed E-state index contributed by atoms with van der Waals surface area (Å²) in [5.41, 5.74) is 12.8. The van der Waals surface area contributed by atoms with Crippen LogP contribution in [0.2, 0.25) is 0 Å². The predicted octanol–water partition coefficient (Wildman–Crippen LogP) is 3.40. The number of unbranched alkanes of at least 4 members (excludes halogenated alkanes) is 1. The summed E-state index contributed by atoms with van der Waals surface area (Å²) in [4.78, 5) is 16.7. The number of anilines is 2. The van der Waals surface area contributed by atoms with Crippen molar-refractivity contribution in [3.05, 3.63) is 54.4 Å². The van der Waals surface area contributed by atoms with Crippen LogP contribution in [-0.2, 0) is 14.8 Å². The molecule has 4 rings (SSSR count). The Morgan fingerprint density at radius 2 is 1.86 bits per heavy atom. The zero-order chi connectivity index (χ0) is 25.1. The Hall–Kier alpha value is -3.28. The molecule has 1 atom stereocenters. The normalized spacial score (nSPS) is 15.4.